The van der Waals surface area contributed by atoms with Gasteiger partial charge in [0.05, 0.1) is 29.4 Å². The number of ketones is 1. The van der Waals surface area contributed by atoms with E-state index in [1.54, 1.807) is 12.1 Å². The van der Waals surface area contributed by atoms with Crippen LogP contribution in [-0.4, -0.2) is 44.0 Å². The first kappa shape index (κ1) is 23.9. The van der Waals surface area contributed by atoms with Gasteiger partial charge in [-0.05, 0) is 47.1 Å². The average Bonchev–Trinajstić information content (AvgIpc) is 3.14. The number of aliphatic hydroxyl groups excluding tert-OH is 1. The van der Waals surface area contributed by atoms with E-state index in [1.165, 1.54) is 36.0 Å². The van der Waals surface area contributed by atoms with E-state index in [2.05, 4.69) is 36.6 Å². The molecule has 2 aromatic heterocycles. The van der Waals surface area contributed by atoms with Gasteiger partial charge < -0.3 is 15.7 Å². The predicted molar refractivity (Wildman–Crippen MR) is 122 cm³/mol. The number of hydrogen-bond donors (Lipinski definition) is 3. The lowest BCUT2D eigenvalue weighted by molar-refractivity contribution is -0.116. The van der Waals surface area contributed by atoms with Gasteiger partial charge in [-0.1, -0.05) is 23.2 Å². The van der Waals surface area contributed by atoms with Crippen molar-refractivity contribution in [1.29, 1.82) is 0 Å². The summed E-state index contributed by atoms with van der Waals surface area (Å²) >= 11 is 15.5. The molecule has 0 atom stereocenters. The largest absolute Gasteiger partial charge is 0.392 e. The lowest BCUT2D eigenvalue weighted by Crippen LogP contribution is -2.30. The molecule has 1 aromatic carbocycles. The van der Waals surface area contributed by atoms with Gasteiger partial charge in [0.1, 0.15) is 16.1 Å². The first-order valence-corrected chi connectivity index (χ1v) is 10.6. The highest BCUT2D eigenvalue weighted by Gasteiger charge is 2.23. The summed E-state index contributed by atoms with van der Waals surface area (Å²) in [6.45, 7) is 0.616. The Morgan fingerprint density at radius 3 is 2.59 bits per heavy atom. The molecule has 0 saturated carbocycles. The number of benzene rings is 1. The van der Waals surface area contributed by atoms with Crippen LogP contribution in [0.4, 0.5) is 5.69 Å². The van der Waals surface area contributed by atoms with Crippen molar-refractivity contribution in [1.82, 2.24) is 20.1 Å². The molecule has 32 heavy (non-hydrogen) atoms. The minimum Gasteiger partial charge on any atom is -0.392 e. The molecule has 166 valence electrons. The summed E-state index contributed by atoms with van der Waals surface area (Å²) in [4.78, 5) is 41.2. The van der Waals surface area contributed by atoms with Crippen LogP contribution in [0.15, 0.2) is 41.1 Å². The number of carbonyl (C=O) groups excluding carboxylic acids is 3. The van der Waals surface area contributed by atoms with E-state index in [-0.39, 0.29) is 50.7 Å². The molecule has 2 heterocycles. The standard InChI is InChI=1S/C20H16BrCl2N5O4/c1-10(30)8-25-19(31)13-6-12(22)5-11(9-29)17(13)26-20(32)15-7-16(21)27-28(15)18-14(23)3-2-4-24-18/h2-7,29H,8-9H2,1H3,(H,25,31)(H,26,32). The highest BCUT2D eigenvalue weighted by molar-refractivity contribution is 9.10. The molecule has 2 amide bonds. The molecule has 0 aliphatic rings. The van der Waals surface area contributed by atoms with Crippen LogP contribution in [0, 0.1) is 0 Å². The molecule has 0 spiro atoms. The number of Topliss-reactive ketones (excluding diaryl/α,β-unsaturated/α-hetero) is 1. The Kier molecular flexibility index (Phi) is 7.62. The molecule has 0 bridgehead atoms. The van der Waals surface area contributed by atoms with Crippen LogP contribution in [0.5, 0.6) is 0 Å². The SMILES string of the molecule is CC(=O)CNC(=O)c1cc(Cl)cc(CO)c1NC(=O)c1cc(Br)nn1-c1ncccc1Cl. The fraction of sp³-hybridized carbons (Fsp3) is 0.150. The Balaban J connectivity index is 2.03. The molecule has 0 aliphatic carbocycles. The van der Waals surface area contributed by atoms with Crippen LogP contribution in [0.3, 0.4) is 0 Å². The van der Waals surface area contributed by atoms with Gasteiger partial charge >= 0.3 is 0 Å². The Labute approximate surface area is 200 Å². The first-order valence-electron chi connectivity index (χ1n) is 9.10. The molecule has 0 radical (unpaired) electrons. The number of amides is 2. The zero-order valence-corrected chi connectivity index (χ0v) is 19.6. The third-order valence-corrected chi connectivity index (χ3v) is 5.09. The Morgan fingerprint density at radius 1 is 1.19 bits per heavy atom. The number of anilines is 1. The predicted octanol–water partition coefficient (Wildman–Crippen LogP) is 3.40. The normalized spacial score (nSPS) is 10.7. The van der Waals surface area contributed by atoms with Crippen LogP contribution in [0.25, 0.3) is 5.82 Å². The quantitative estimate of drug-likeness (QED) is 0.421. The summed E-state index contributed by atoms with van der Waals surface area (Å²) in [5, 5.41) is 19.5. The third kappa shape index (κ3) is 5.33. The number of nitrogens with zero attached hydrogens (tertiary/aromatic N) is 3. The number of halogens is 3. The lowest BCUT2D eigenvalue weighted by Gasteiger charge is -2.16. The minimum absolute atomic E-state index is 0.0165. The van der Waals surface area contributed by atoms with Crippen molar-refractivity contribution >= 4 is 62.4 Å². The van der Waals surface area contributed by atoms with E-state index in [4.69, 9.17) is 23.2 Å². The molecular weight excluding hydrogens is 525 g/mol. The second-order valence-corrected chi connectivity index (χ2v) is 8.21. The summed E-state index contributed by atoms with van der Waals surface area (Å²) in [6, 6.07) is 7.43. The van der Waals surface area contributed by atoms with Gasteiger partial charge in [0.25, 0.3) is 11.8 Å². The van der Waals surface area contributed by atoms with Crippen molar-refractivity contribution in [2.24, 2.45) is 0 Å². The smallest absolute Gasteiger partial charge is 0.274 e. The third-order valence-electron chi connectivity index (χ3n) is 4.19. The summed E-state index contributed by atoms with van der Waals surface area (Å²) in [5.41, 5.74) is 0.294. The van der Waals surface area contributed by atoms with Gasteiger partial charge in [-0.2, -0.15) is 5.10 Å². The Bertz CT molecular complexity index is 1210. The second kappa shape index (κ2) is 10.2. The summed E-state index contributed by atoms with van der Waals surface area (Å²) in [5.74, 6) is -1.32. The molecule has 0 unspecified atom stereocenters. The molecule has 3 aromatic rings. The maximum atomic E-state index is 13.2. The topological polar surface area (TPSA) is 126 Å². The van der Waals surface area contributed by atoms with Gasteiger partial charge in [-0.25, -0.2) is 9.67 Å². The van der Waals surface area contributed by atoms with Gasteiger partial charge in [-0.3, -0.25) is 14.4 Å². The zero-order chi connectivity index (χ0) is 23.4. The fourth-order valence-corrected chi connectivity index (χ4v) is 3.62. The molecule has 0 fully saturated rings. The van der Waals surface area contributed by atoms with Gasteiger partial charge in [0.2, 0.25) is 0 Å². The zero-order valence-electron chi connectivity index (χ0n) is 16.5. The lowest BCUT2D eigenvalue weighted by atomic mass is 10.1. The van der Waals surface area contributed by atoms with Gasteiger partial charge in [-0.15, -0.1) is 0 Å². The first-order chi connectivity index (χ1) is 15.2. The summed E-state index contributed by atoms with van der Waals surface area (Å²) in [7, 11) is 0. The summed E-state index contributed by atoms with van der Waals surface area (Å²) < 4.78 is 1.59. The molecule has 12 heteroatoms. The van der Waals surface area contributed by atoms with Crippen molar-refractivity contribution < 1.29 is 19.5 Å². The number of carbonyl (C=O) groups is 3. The van der Waals surface area contributed by atoms with Crippen LogP contribution in [-0.2, 0) is 11.4 Å². The van der Waals surface area contributed by atoms with Crippen molar-refractivity contribution in [2.75, 3.05) is 11.9 Å². The monoisotopic (exact) mass is 539 g/mol. The van der Waals surface area contributed by atoms with Crippen LogP contribution in [0.1, 0.15) is 33.3 Å². The highest BCUT2D eigenvalue weighted by atomic mass is 79.9. The maximum Gasteiger partial charge on any atom is 0.274 e. The molecule has 3 N–H and O–H groups in total. The van der Waals surface area contributed by atoms with E-state index in [0.29, 0.717) is 4.60 Å². The van der Waals surface area contributed by atoms with E-state index < -0.39 is 18.4 Å². The van der Waals surface area contributed by atoms with Crippen molar-refractivity contribution in [3.63, 3.8) is 0 Å². The van der Waals surface area contributed by atoms with Crippen molar-refractivity contribution in [2.45, 2.75) is 13.5 Å². The van der Waals surface area contributed by atoms with Crippen molar-refractivity contribution in [3.8, 4) is 5.82 Å². The van der Waals surface area contributed by atoms with Gasteiger partial charge in [0, 0.05) is 22.8 Å². The number of pyridine rings is 1. The number of hydrogen-bond acceptors (Lipinski definition) is 6. The minimum atomic E-state index is -0.650. The molecule has 9 nitrogen and oxygen atoms in total. The maximum absolute atomic E-state index is 13.2. The molecule has 0 aliphatic heterocycles. The second-order valence-electron chi connectivity index (χ2n) is 6.56. The Hall–Kier alpha value is -2.79. The van der Waals surface area contributed by atoms with Crippen LogP contribution >= 0.6 is 39.1 Å². The number of nitrogens with one attached hydrogen (secondary N) is 2. The van der Waals surface area contributed by atoms with Crippen LogP contribution < -0.4 is 10.6 Å². The van der Waals surface area contributed by atoms with E-state index in [1.807, 2.05) is 0 Å². The van der Waals surface area contributed by atoms with E-state index >= 15 is 0 Å². The summed E-state index contributed by atoms with van der Waals surface area (Å²) in [6.07, 6.45) is 1.50. The molecular formula is C20H16BrCl2N5O4. The van der Waals surface area contributed by atoms with Gasteiger partial charge in [0.15, 0.2) is 5.82 Å². The fourth-order valence-electron chi connectivity index (χ4n) is 2.80. The number of rotatable bonds is 7. The Morgan fingerprint density at radius 2 is 1.94 bits per heavy atom. The number of aliphatic hydroxyl groups is 1. The molecule has 3 rings (SSSR count). The average molecular weight is 541 g/mol. The molecule has 0 saturated heterocycles. The highest BCUT2D eigenvalue weighted by Crippen LogP contribution is 2.28. The van der Waals surface area contributed by atoms with E-state index in [0.717, 1.165) is 0 Å². The van der Waals surface area contributed by atoms with Crippen molar-refractivity contribution in [3.05, 3.63) is 68.0 Å². The van der Waals surface area contributed by atoms with Crippen LogP contribution in [0.2, 0.25) is 10.0 Å². The van der Waals surface area contributed by atoms with E-state index in [9.17, 15) is 19.5 Å². The number of aromatic nitrogens is 3.